The van der Waals surface area contributed by atoms with Gasteiger partial charge in [0.05, 0.1) is 6.10 Å². The molecule has 2 aromatic rings. The highest BCUT2D eigenvalue weighted by atomic mass is 32.2. The monoisotopic (exact) mass is 350 g/mol. The first-order valence-corrected chi connectivity index (χ1v) is 9.12. The second-order valence-electron chi connectivity index (χ2n) is 5.19. The molecule has 0 aliphatic carbocycles. The van der Waals surface area contributed by atoms with Crippen LogP contribution in [0, 0.1) is 0 Å². The molecule has 0 radical (unpaired) electrons. The van der Waals surface area contributed by atoms with Gasteiger partial charge in [-0.3, -0.25) is 4.79 Å². The molecule has 0 spiro atoms. The minimum absolute atomic E-state index is 0.0505. The Kier molecular flexibility index (Phi) is 5.47. The van der Waals surface area contributed by atoms with Gasteiger partial charge < -0.3 is 15.8 Å². The summed E-state index contributed by atoms with van der Waals surface area (Å²) in [5.74, 6) is -0.0505. The zero-order valence-corrected chi connectivity index (χ0v) is 14.1. The highest BCUT2D eigenvalue weighted by Crippen LogP contribution is 2.37. The van der Waals surface area contributed by atoms with Gasteiger partial charge in [0.1, 0.15) is 5.25 Å². The van der Waals surface area contributed by atoms with Crippen molar-refractivity contribution >= 4 is 34.1 Å². The molecule has 1 fully saturated rings. The van der Waals surface area contributed by atoms with Crippen molar-refractivity contribution in [3.05, 3.63) is 35.9 Å². The number of nitrogens with two attached hydrogens (primary N) is 1. The molecule has 1 aliphatic heterocycles. The fraction of sp³-hybridized carbons (Fsp3) is 0.400. The van der Waals surface area contributed by atoms with E-state index in [1.54, 1.807) is 0 Å². The van der Waals surface area contributed by atoms with Crippen LogP contribution in [-0.4, -0.2) is 35.4 Å². The number of ether oxygens (including phenoxy) is 1. The average molecular weight is 350 g/mol. The number of nitrogens with one attached hydrogen (secondary N) is 1. The van der Waals surface area contributed by atoms with Gasteiger partial charge in [0, 0.05) is 13.2 Å². The first-order chi connectivity index (χ1) is 11.2. The van der Waals surface area contributed by atoms with Crippen LogP contribution in [0.5, 0.6) is 0 Å². The smallest absolute Gasteiger partial charge is 0.238 e. The van der Waals surface area contributed by atoms with Crippen LogP contribution >= 0.6 is 23.1 Å². The SMILES string of the molecule is Nc1nnc(S[C@@H](C(=O)NC[C@H]2CCCO2)c2ccccc2)s1. The maximum Gasteiger partial charge on any atom is 0.238 e. The van der Waals surface area contributed by atoms with E-state index in [4.69, 9.17) is 10.5 Å². The molecular formula is C15H18N4O2S2. The predicted octanol–water partition coefficient (Wildman–Crippen LogP) is 2.25. The van der Waals surface area contributed by atoms with Crippen LogP contribution in [0.25, 0.3) is 0 Å². The molecule has 1 aromatic carbocycles. The third-order valence-corrected chi connectivity index (χ3v) is 5.60. The zero-order valence-electron chi connectivity index (χ0n) is 12.5. The van der Waals surface area contributed by atoms with Crippen molar-refractivity contribution in [2.75, 3.05) is 18.9 Å². The summed E-state index contributed by atoms with van der Waals surface area (Å²) >= 11 is 2.65. The van der Waals surface area contributed by atoms with E-state index in [1.807, 2.05) is 30.3 Å². The van der Waals surface area contributed by atoms with E-state index in [1.165, 1.54) is 23.1 Å². The van der Waals surface area contributed by atoms with Crippen LogP contribution < -0.4 is 11.1 Å². The van der Waals surface area contributed by atoms with Crippen molar-refractivity contribution in [2.45, 2.75) is 28.5 Å². The number of anilines is 1. The Labute approximate surface area is 142 Å². The van der Waals surface area contributed by atoms with Gasteiger partial charge in [-0.15, -0.1) is 10.2 Å². The van der Waals surface area contributed by atoms with Gasteiger partial charge in [-0.25, -0.2) is 0 Å². The molecule has 8 heteroatoms. The number of hydrogen-bond acceptors (Lipinski definition) is 7. The normalized spacial score (nSPS) is 18.7. The first-order valence-electron chi connectivity index (χ1n) is 7.42. The summed E-state index contributed by atoms with van der Waals surface area (Å²) in [6.45, 7) is 1.32. The molecule has 0 saturated carbocycles. The van der Waals surface area contributed by atoms with Crippen LogP contribution in [-0.2, 0) is 9.53 Å². The number of rotatable bonds is 6. The first kappa shape index (κ1) is 16.2. The predicted molar refractivity (Wildman–Crippen MR) is 91.3 cm³/mol. The summed E-state index contributed by atoms with van der Waals surface area (Å²) in [6, 6.07) is 9.65. The highest BCUT2D eigenvalue weighted by molar-refractivity contribution is 8.01. The van der Waals surface area contributed by atoms with Crippen molar-refractivity contribution in [3.8, 4) is 0 Å². The lowest BCUT2D eigenvalue weighted by atomic mass is 10.1. The van der Waals surface area contributed by atoms with Crippen molar-refractivity contribution in [2.24, 2.45) is 0 Å². The molecule has 1 amide bonds. The molecular weight excluding hydrogens is 332 g/mol. The van der Waals surface area contributed by atoms with Crippen molar-refractivity contribution in [1.82, 2.24) is 15.5 Å². The topological polar surface area (TPSA) is 90.1 Å². The third kappa shape index (κ3) is 4.43. The van der Waals surface area contributed by atoms with E-state index < -0.39 is 0 Å². The molecule has 23 heavy (non-hydrogen) atoms. The second kappa shape index (κ2) is 7.76. The van der Waals surface area contributed by atoms with Gasteiger partial charge in [-0.1, -0.05) is 53.4 Å². The summed E-state index contributed by atoms with van der Waals surface area (Å²) in [5, 5.41) is 10.8. The second-order valence-corrected chi connectivity index (χ2v) is 7.56. The van der Waals surface area contributed by atoms with Gasteiger partial charge in [-0.05, 0) is 18.4 Å². The Bertz CT molecular complexity index is 644. The zero-order chi connectivity index (χ0) is 16.1. The van der Waals surface area contributed by atoms with Gasteiger partial charge in [0.25, 0.3) is 0 Å². The standard InChI is InChI=1S/C15H18N4O2S2/c16-14-18-19-15(23-14)22-12(10-5-2-1-3-6-10)13(20)17-9-11-7-4-8-21-11/h1-3,5-6,11-12H,4,7-9H2,(H2,16,18)(H,17,20)/t11-,12-/m1/s1. The van der Waals surface area contributed by atoms with Crippen LogP contribution in [0.3, 0.4) is 0 Å². The number of carbonyl (C=O) groups is 1. The minimum Gasteiger partial charge on any atom is -0.376 e. The Morgan fingerprint density at radius 1 is 1.43 bits per heavy atom. The Balaban J connectivity index is 1.70. The van der Waals surface area contributed by atoms with E-state index in [-0.39, 0.29) is 17.3 Å². The van der Waals surface area contributed by atoms with Crippen molar-refractivity contribution in [1.29, 1.82) is 0 Å². The summed E-state index contributed by atoms with van der Waals surface area (Å²) in [7, 11) is 0. The maximum absolute atomic E-state index is 12.6. The molecule has 2 heterocycles. The number of nitrogen functional groups attached to an aromatic ring is 1. The lowest BCUT2D eigenvalue weighted by Crippen LogP contribution is -2.34. The van der Waals surface area contributed by atoms with Gasteiger partial charge in [0.15, 0.2) is 4.34 Å². The van der Waals surface area contributed by atoms with Crippen LogP contribution in [0.4, 0.5) is 5.13 Å². The Hall–Kier alpha value is -1.64. The van der Waals surface area contributed by atoms with Crippen LogP contribution in [0.2, 0.25) is 0 Å². The number of thioether (sulfide) groups is 1. The number of carbonyl (C=O) groups excluding carboxylic acids is 1. The lowest BCUT2D eigenvalue weighted by molar-refractivity contribution is -0.121. The molecule has 0 bridgehead atoms. The number of nitrogens with zero attached hydrogens (tertiary/aromatic N) is 2. The summed E-state index contributed by atoms with van der Waals surface area (Å²) in [5.41, 5.74) is 6.55. The van der Waals surface area contributed by atoms with Gasteiger partial charge in [-0.2, -0.15) is 0 Å². The average Bonchev–Trinajstić information content (AvgIpc) is 3.23. The van der Waals surface area contributed by atoms with Crippen molar-refractivity contribution < 1.29 is 9.53 Å². The van der Waals surface area contributed by atoms with Gasteiger partial charge in [0.2, 0.25) is 11.0 Å². The van der Waals surface area contributed by atoms with E-state index >= 15 is 0 Å². The molecule has 122 valence electrons. The van der Waals surface area contributed by atoms with Crippen molar-refractivity contribution in [3.63, 3.8) is 0 Å². The molecule has 1 saturated heterocycles. The van der Waals surface area contributed by atoms with Crippen LogP contribution in [0.15, 0.2) is 34.7 Å². The molecule has 2 atom stereocenters. The van der Waals surface area contributed by atoms with E-state index in [2.05, 4.69) is 15.5 Å². The quantitative estimate of drug-likeness (QED) is 0.777. The Morgan fingerprint density at radius 3 is 2.91 bits per heavy atom. The summed E-state index contributed by atoms with van der Waals surface area (Å²) < 4.78 is 6.24. The van der Waals surface area contributed by atoms with Gasteiger partial charge >= 0.3 is 0 Å². The van der Waals surface area contributed by atoms with E-state index in [0.29, 0.717) is 16.0 Å². The summed E-state index contributed by atoms with van der Waals surface area (Å²) in [4.78, 5) is 12.6. The molecule has 1 aliphatic rings. The lowest BCUT2D eigenvalue weighted by Gasteiger charge is -2.17. The van der Waals surface area contributed by atoms with E-state index in [0.717, 1.165) is 25.0 Å². The molecule has 3 N–H and O–H groups in total. The molecule has 1 aromatic heterocycles. The fourth-order valence-corrected chi connectivity index (χ4v) is 4.23. The summed E-state index contributed by atoms with van der Waals surface area (Å²) in [6.07, 6.45) is 2.18. The molecule has 0 unspecified atom stereocenters. The number of hydrogen-bond donors (Lipinski definition) is 2. The molecule has 6 nitrogen and oxygen atoms in total. The largest absolute Gasteiger partial charge is 0.376 e. The Morgan fingerprint density at radius 2 is 2.26 bits per heavy atom. The number of benzene rings is 1. The third-order valence-electron chi connectivity index (χ3n) is 3.51. The molecule has 3 rings (SSSR count). The van der Waals surface area contributed by atoms with E-state index in [9.17, 15) is 4.79 Å². The minimum atomic E-state index is -0.384. The number of amides is 1. The maximum atomic E-state index is 12.6. The number of aromatic nitrogens is 2. The highest BCUT2D eigenvalue weighted by Gasteiger charge is 2.25. The fourth-order valence-electron chi connectivity index (χ4n) is 2.38. The van der Waals surface area contributed by atoms with Crippen LogP contribution in [0.1, 0.15) is 23.7 Å².